The number of fused-ring (bicyclic) bond motifs is 1. The van der Waals surface area contributed by atoms with Crippen molar-refractivity contribution >= 4 is 11.5 Å². The summed E-state index contributed by atoms with van der Waals surface area (Å²) in [5.41, 5.74) is 0.0773. The molecule has 1 N–H and O–H groups in total. The molecular formula is C13H17F3N6. The Bertz CT molecular complexity index is 665. The molecular weight excluding hydrogens is 297 g/mol. The summed E-state index contributed by atoms with van der Waals surface area (Å²) < 4.78 is 39.3. The molecule has 2 aromatic heterocycles. The third-order valence-corrected chi connectivity index (χ3v) is 3.99. The summed E-state index contributed by atoms with van der Waals surface area (Å²) in [5.74, 6) is -0.710. The second-order valence-electron chi connectivity index (χ2n) is 5.72. The Morgan fingerprint density at radius 1 is 1.23 bits per heavy atom. The number of nitrogens with zero attached hydrogens (tertiary/aromatic N) is 5. The van der Waals surface area contributed by atoms with Crippen LogP contribution in [0.1, 0.15) is 25.1 Å². The molecule has 6 nitrogen and oxygen atoms in total. The Labute approximate surface area is 125 Å². The molecule has 0 bridgehead atoms. The van der Waals surface area contributed by atoms with E-state index in [-0.39, 0.29) is 11.7 Å². The van der Waals surface area contributed by atoms with E-state index in [0.29, 0.717) is 11.9 Å². The lowest BCUT2D eigenvalue weighted by Crippen LogP contribution is -2.39. The topological polar surface area (TPSA) is 58.3 Å². The van der Waals surface area contributed by atoms with Crippen LogP contribution in [0.2, 0.25) is 0 Å². The van der Waals surface area contributed by atoms with Crippen LogP contribution < -0.4 is 5.32 Å². The molecule has 0 amide bonds. The molecule has 22 heavy (non-hydrogen) atoms. The first-order valence-corrected chi connectivity index (χ1v) is 7.09. The SMILES string of the molecule is CN(C)[C@H]1CCC[C@H]1Nc1ccc2nnc(C(F)(F)F)n2n1. The zero-order valence-corrected chi connectivity index (χ0v) is 12.3. The normalized spacial score (nSPS) is 22.6. The van der Waals surface area contributed by atoms with Crippen molar-refractivity contribution in [3.05, 3.63) is 18.0 Å². The van der Waals surface area contributed by atoms with Gasteiger partial charge in [0.2, 0.25) is 0 Å². The van der Waals surface area contributed by atoms with E-state index in [9.17, 15) is 13.2 Å². The standard InChI is InChI=1S/C13H17F3N6/c1-21(2)9-5-3-4-8(9)17-10-6-7-11-18-19-12(13(14,15)16)22(11)20-10/h6-9H,3-5H2,1-2H3,(H,17,20)/t8-,9+/m1/s1. The molecule has 2 atom stereocenters. The van der Waals surface area contributed by atoms with Crippen LogP contribution >= 0.6 is 0 Å². The molecule has 3 rings (SSSR count). The van der Waals surface area contributed by atoms with Gasteiger partial charge in [0.25, 0.3) is 5.82 Å². The van der Waals surface area contributed by atoms with Gasteiger partial charge in [0, 0.05) is 12.1 Å². The predicted octanol–water partition coefficient (Wildman–Crippen LogP) is 2.04. The molecule has 1 aliphatic carbocycles. The number of anilines is 1. The van der Waals surface area contributed by atoms with Gasteiger partial charge in [-0.25, -0.2) is 0 Å². The number of alkyl halides is 3. The summed E-state index contributed by atoms with van der Waals surface area (Å²) in [7, 11) is 4.01. The molecule has 0 aliphatic heterocycles. The van der Waals surface area contributed by atoms with E-state index in [0.717, 1.165) is 23.8 Å². The highest BCUT2D eigenvalue weighted by atomic mass is 19.4. The number of nitrogens with one attached hydrogen (secondary N) is 1. The smallest absolute Gasteiger partial charge is 0.364 e. The Hall–Kier alpha value is -1.90. The van der Waals surface area contributed by atoms with Crippen molar-refractivity contribution in [3.8, 4) is 0 Å². The van der Waals surface area contributed by atoms with Crippen LogP contribution in [0.15, 0.2) is 12.1 Å². The monoisotopic (exact) mass is 314 g/mol. The van der Waals surface area contributed by atoms with Crippen LogP contribution in [-0.2, 0) is 6.18 Å². The zero-order chi connectivity index (χ0) is 15.9. The van der Waals surface area contributed by atoms with Gasteiger partial charge in [-0.05, 0) is 45.5 Å². The molecule has 0 aromatic carbocycles. The maximum atomic E-state index is 12.9. The van der Waals surface area contributed by atoms with E-state index < -0.39 is 12.0 Å². The van der Waals surface area contributed by atoms with E-state index in [1.54, 1.807) is 6.07 Å². The minimum Gasteiger partial charge on any atom is -0.364 e. The molecule has 2 aromatic rings. The third-order valence-electron chi connectivity index (χ3n) is 3.99. The second-order valence-corrected chi connectivity index (χ2v) is 5.72. The highest BCUT2D eigenvalue weighted by molar-refractivity contribution is 5.45. The summed E-state index contributed by atoms with van der Waals surface area (Å²) in [5, 5.41) is 13.9. The highest BCUT2D eigenvalue weighted by Gasteiger charge is 2.38. The quantitative estimate of drug-likeness (QED) is 0.939. The van der Waals surface area contributed by atoms with Gasteiger partial charge in [-0.1, -0.05) is 0 Å². The Balaban J connectivity index is 1.89. The molecule has 0 unspecified atom stereocenters. The van der Waals surface area contributed by atoms with Crippen molar-refractivity contribution < 1.29 is 13.2 Å². The third kappa shape index (κ3) is 2.72. The Kier molecular flexibility index (Phi) is 3.67. The van der Waals surface area contributed by atoms with Gasteiger partial charge in [0.1, 0.15) is 5.82 Å². The minimum absolute atomic E-state index is 0.0773. The molecule has 0 radical (unpaired) electrons. The number of halogens is 3. The largest absolute Gasteiger partial charge is 0.453 e. The molecule has 1 fully saturated rings. The first-order chi connectivity index (χ1) is 10.4. The van der Waals surface area contributed by atoms with Gasteiger partial charge in [-0.3, -0.25) is 0 Å². The van der Waals surface area contributed by atoms with Crippen molar-refractivity contribution in [1.82, 2.24) is 24.7 Å². The van der Waals surface area contributed by atoms with Crippen LogP contribution in [-0.4, -0.2) is 50.9 Å². The van der Waals surface area contributed by atoms with E-state index >= 15 is 0 Å². The van der Waals surface area contributed by atoms with Gasteiger partial charge in [0.15, 0.2) is 5.65 Å². The summed E-state index contributed by atoms with van der Waals surface area (Å²) in [6, 6.07) is 3.64. The van der Waals surface area contributed by atoms with E-state index in [2.05, 4.69) is 25.5 Å². The van der Waals surface area contributed by atoms with Crippen molar-refractivity contribution in [1.29, 1.82) is 0 Å². The van der Waals surface area contributed by atoms with E-state index in [1.165, 1.54) is 6.07 Å². The fourth-order valence-corrected chi connectivity index (χ4v) is 2.96. The van der Waals surface area contributed by atoms with E-state index in [1.807, 2.05) is 14.1 Å². The summed E-state index contributed by atoms with van der Waals surface area (Å²) >= 11 is 0. The second kappa shape index (κ2) is 5.38. The number of rotatable bonds is 3. The summed E-state index contributed by atoms with van der Waals surface area (Å²) in [6.07, 6.45) is -1.46. The van der Waals surface area contributed by atoms with Gasteiger partial charge in [0.05, 0.1) is 0 Å². The van der Waals surface area contributed by atoms with Crippen molar-refractivity contribution in [3.63, 3.8) is 0 Å². The van der Waals surface area contributed by atoms with Crippen molar-refractivity contribution in [2.45, 2.75) is 37.5 Å². The summed E-state index contributed by atoms with van der Waals surface area (Å²) in [4.78, 5) is 2.13. The van der Waals surface area contributed by atoms with Gasteiger partial charge >= 0.3 is 6.18 Å². The molecule has 1 aliphatic rings. The van der Waals surface area contributed by atoms with Crippen LogP contribution in [0.5, 0.6) is 0 Å². The van der Waals surface area contributed by atoms with Gasteiger partial charge in [-0.15, -0.1) is 15.3 Å². The van der Waals surface area contributed by atoms with Crippen molar-refractivity contribution in [2.24, 2.45) is 0 Å². The lowest BCUT2D eigenvalue weighted by Gasteiger charge is -2.27. The molecule has 0 saturated heterocycles. The lowest BCUT2D eigenvalue weighted by molar-refractivity contribution is -0.146. The number of hydrogen-bond acceptors (Lipinski definition) is 5. The molecule has 0 spiro atoms. The maximum absolute atomic E-state index is 12.9. The minimum atomic E-state index is -4.58. The first-order valence-electron chi connectivity index (χ1n) is 7.09. The van der Waals surface area contributed by atoms with E-state index in [4.69, 9.17) is 0 Å². The number of aromatic nitrogens is 4. The number of likely N-dealkylation sites (N-methyl/N-ethyl adjacent to an activating group) is 1. The van der Waals surface area contributed by atoms with Crippen molar-refractivity contribution in [2.75, 3.05) is 19.4 Å². The Morgan fingerprint density at radius 3 is 2.68 bits per heavy atom. The van der Waals surface area contributed by atoms with Gasteiger partial charge < -0.3 is 10.2 Å². The highest BCUT2D eigenvalue weighted by Crippen LogP contribution is 2.28. The molecule has 1 saturated carbocycles. The Morgan fingerprint density at radius 2 is 2.00 bits per heavy atom. The van der Waals surface area contributed by atoms with Crippen LogP contribution in [0.3, 0.4) is 0 Å². The van der Waals surface area contributed by atoms with Crippen LogP contribution in [0.4, 0.5) is 19.0 Å². The maximum Gasteiger partial charge on any atom is 0.453 e. The number of hydrogen-bond donors (Lipinski definition) is 1. The lowest BCUT2D eigenvalue weighted by atomic mass is 10.1. The van der Waals surface area contributed by atoms with Crippen LogP contribution in [0.25, 0.3) is 5.65 Å². The molecule has 9 heteroatoms. The fourth-order valence-electron chi connectivity index (χ4n) is 2.96. The summed E-state index contributed by atoms with van der Waals surface area (Å²) in [6.45, 7) is 0. The molecule has 2 heterocycles. The molecule has 120 valence electrons. The zero-order valence-electron chi connectivity index (χ0n) is 12.3. The first kappa shape index (κ1) is 15.0. The fraction of sp³-hybridized carbons (Fsp3) is 0.615. The predicted molar refractivity (Wildman–Crippen MR) is 74.5 cm³/mol. The average molecular weight is 314 g/mol. The van der Waals surface area contributed by atoms with Crippen LogP contribution in [0, 0.1) is 0 Å². The average Bonchev–Trinajstić information content (AvgIpc) is 3.03. The van der Waals surface area contributed by atoms with Gasteiger partial charge in [-0.2, -0.15) is 17.7 Å².